The highest BCUT2D eigenvalue weighted by atomic mass is 19.3. The predicted octanol–water partition coefficient (Wildman–Crippen LogP) is 3.81. The molecule has 5 nitrogen and oxygen atoms in total. The van der Waals surface area contributed by atoms with Gasteiger partial charge in [0.15, 0.2) is 0 Å². The molecule has 1 amide bonds. The fourth-order valence-electron chi connectivity index (χ4n) is 3.07. The second-order valence-corrected chi connectivity index (χ2v) is 6.52. The first-order valence-electron chi connectivity index (χ1n) is 8.91. The number of para-hydroxylation sites is 1. The van der Waals surface area contributed by atoms with Crippen LogP contribution < -0.4 is 10.1 Å². The molecule has 0 atom stereocenters. The average Bonchev–Trinajstić information content (AvgIpc) is 2.87. The van der Waals surface area contributed by atoms with E-state index in [0.29, 0.717) is 23.5 Å². The molecule has 27 heavy (non-hydrogen) atoms. The number of anilines is 2. The van der Waals surface area contributed by atoms with Gasteiger partial charge in [-0.15, -0.1) is 0 Å². The van der Waals surface area contributed by atoms with Gasteiger partial charge >= 0.3 is 6.61 Å². The quantitative estimate of drug-likeness (QED) is 0.863. The van der Waals surface area contributed by atoms with Crippen molar-refractivity contribution in [3.05, 3.63) is 54.1 Å². The first-order chi connectivity index (χ1) is 13.0. The summed E-state index contributed by atoms with van der Waals surface area (Å²) >= 11 is 0. The van der Waals surface area contributed by atoms with Gasteiger partial charge in [-0.3, -0.25) is 4.79 Å². The maximum Gasteiger partial charge on any atom is 0.387 e. The van der Waals surface area contributed by atoms with Crippen molar-refractivity contribution < 1.29 is 18.3 Å². The Morgan fingerprint density at radius 2 is 1.78 bits per heavy atom. The zero-order valence-electron chi connectivity index (χ0n) is 15.2. The Labute approximate surface area is 157 Å². The van der Waals surface area contributed by atoms with Crippen molar-refractivity contribution in [2.45, 2.75) is 13.0 Å². The maximum absolute atomic E-state index is 13.0. The van der Waals surface area contributed by atoms with Gasteiger partial charge in [0, 0.05) is 25.3 Å². The summed E-state index contributed by atoms with van der Waals surface area (Å²) < 4.78 is 28.9. The number of ether oxygens (including phenoxy) is 1. The number of hydrogen-bond acceptors (Lipinski definition) is 4. The van der Waals surface area contributed by atoms with E-state index in [1.165, 1.54) is 12.1 Å². The van der Waals surface area contributed by atoms with Crippen LogP contribution in [0.5, 0.6) is 5.75 Å². The number of carbonyl (C=O) groups is 1. The average molecular weight is 375 g/mol. The lowest BCUT2D eigenvalue weighted by Crippen LogP contribution is -2.34. The lowest BCUT2D eigenvalue weighted by molar-refractivity contribution is -0.0498. The molecule has 1 heterocycles. The summed E-state index contributed by atoms with van der Waals surface area (Å²) in [6.45, 7) is 0.416. The second-order valence-electron chi connectivity index (χ2n) is 6.52. The molecule has 3 rings (SSSR count). The van der Waals surface area contributed by atoms with Crippen molar-refractivity contribution in [1.82, 2.24) is 9.80 Å². The van der Waals surface area contributed by atoms with E-state index >= 15 is 0 Å². The molecular weight excluding hydrogens is 352 g/mol. The third-order valence-electron chi connectivity index (χ3n) is 4.52. The molecule has 0 spiro atoms. The SMILES string of the molecule is CN1CCCN(C(=O)c2ccccc2Nc2ccc(OC(F)F)cc2)CC1. The molecule has 1 fully saturated rings. The minimum atomic E-state index is -2.85. The summed E-state index contributed by atoms with van der Waals surface area (Å²) in [4.78, 5) is 17.1. The normalized spacial score (nSPS) is 15.5. The van der Waals surface area contributed by atoms with E-state index in [0.717, 1.165) is 26.1 Å². The van der Waals surface area contributed by atoms with Gasteiger partial charge in [0.25, 0.3) is 5.91 Å². The van der Waals surface area contributed by atoms with Gasteiger partial charge < -0.3 is 19.9 Å². The van der Waals surface area contributed by atoms with Crippen molar-refractivity contribution in [2.75, 3.05) is 38.5 Å². The lowest BCUT2D eigenvalue weighted by Gasteiger charge is -2.22. The summed E-state index contributed by atoms with van der Waals surface area (Å²) in [7, 11) is 2.06. The van der Waals surface area contributed by atoms with Crippen LogP contribution in [0.3, 0.4) is 0 Å². The largest absolute Gasteiger partial charge is 0.435 e. The minimum Gasteiger partial charge on any atom is -0.435 e. The zero-order chi connectivity index (χ0) is 19.2. The molecule has 2 aromatic carbocycles. The molecule has 144 valence electrons. The standard InChI is InChI=1S/C20H23F2N3O2/c1-24-11-4-12-25(14-13-24)19(26)17-5-2-3-6-18(17)23-15-7-9-16(10-8-15)27-20(21)22/h2-3,5-10,20,23H,4,11-14H2,1H3. The Balaban J connectivity index is 1.74. The molecule has 0 saturated carbocycles. The van der Waals surface area contributed by atoms with Crippen molar-refractivity contribution in [3.8, 4) is 5.75 Å². The number of alkyl halides is 2. The van der Waals surface area contributed by atoms with E-state index in [1.807, 2.05) is 23.1 Å². The fraction of sp³-hybridized carbons (Fsp3) is 0.350. The second kappa shape index (κ2) is 8.81. The minimum absolute atomic E-state index is 0.00828. The number of rotatable bonds is 5. The summed E-state index contributed by atoms with van der Waals surface area (Å²) in [5.74, 6) is 0.0830. The van der Waals surface area contributed by atoms with E-state index in [2.05, 4.69) is 22.0 Å². The molecule has 0 aliphatic carbocycles. The molecule has 0 radical (unpaired) electrons. The van der Waals surface area contributed by atoms with Crippen molar-refractivity contribution >= 4 is 17.3 Å². The Kier molecular flexibility index (Phi) is 6.24. The van der Waals surface area contributed by atoms with Crippen LogP contribution in [0.15, 0.2) is 48.5 Å². The molecule has 0 unspecified atom stereocenters. The van der Waals surface area contributed by atoms with Gasteiger partial charge in [0.2, 0.25) is 0 Å². The van der Waals surface area contributed by atoms with Crippen LogP contribution in [0.4, 0.5) is 20.2 Å². The smallest absolute Gasteiger partial charge is 0.387 e. The number of amides is 1. The molecule has 0 aromatic heterocycles. The van der Waals surface area contributed by atoms with E-state index in [4.69, 9.17) is 0 Å². The topological polar surface area (TPSA) is 44.8 Å². The van der Waals surface area contributed by atoms with E-state index in [9.17, 15) is 13.6 Å². The summed E-state index contributed by atoms with van der Waals surface area (Å²) in [5.41, 5.74) is 1.96. The van der Waals surface area contributed by atoms with Crippen LogP contribution in [0, 0.1) is 0 Å². The molecule has 1 aliphatic heterocycles. The molecule has 1 N–H and O–H groups in total. The first kappa shape index (κ1) is 19.1. The summed E-state index contributed by atoms with van der Waals surface area (Å²) in [5, 5.41) is 3.20. The van der Waals surface area contributed by atoms with Gasteiger partial charge in [-0.05, 0) is 56.4 Å². The lowest BCUT2D eigenvalue weighted by atomic mass is 10.1. The highest BCUT2D eigenvalue weighted by Gasteiger charge is 2.21. The highest BCUT2D eigenvalue weighted by molar-refractivity contribution is 6.00. The Morgan fingerprint density at radius 1 is 1.04 bits per heavy atom. The van der Waals surface area contributed by atoms with Crippen LogP contribution in [-0.2, 0) is 0 Å². The van der Waals surface area contributed by atoms with Gasteiger partial charge in [-0.1, -0.05) is 12.1 Å². The number of benzene rings is 2. The van der Waals surface area contributed by atoms with Gasteiger partial charge in [-0.2, -0.15) is 8.78 Å². The van der Waals surface area contributed by atoms with Gasteiger partial charge in [-0.25, -0.2) is 0 Å². The monoisotopic (exact) mass is 375 g/mol. The highest BCUT2D eigenvalue weighted by Crippen LogP contribution is 2.25. The molecule has 1 saturated heterocycles. The molecule has 2 aromatic rings. The van der Waals surface area contributed by atoms with Crippen LogP contribution >= 0.6 is 0 Å². The summed E-state index contributed by atoms with van der Waals surface area (Å²) in [6.07, 6.45) is 0.948. The maximum atomic E-state index is 13.0. The van der Waals surface area contributed by atoms with E-state index in [1.54, 1.807) is 18.2 Å². The van der Waals surface area contributed by atoms with E-state index in [-0.39, 0.29) is 11.7 Å². The third kappa shape index (κ3) is 5.17. The van der Waals surface area contributed by atoms with Crippen LogP contribution in [-0.4, -0.2) is 55.5 Å². The van der Waals surface area contributed by atoms with Crippen molar-refractivity contribution in [1.29, 1.82) is 0 Å². The van der Waals surface area contributed by atoms with Gasteiger partial charge in [0.1, 0.15) is 5.75 Å². The molecule has 1 aliphatic rings. The number of nitrogens with one attached hydrogen (secondary N) is 1. The number of likely N-dealkylation sites (N-methyl/N-ethyl adjacent to an activating group) is 1. The Bertz CT molecular complexity index is 768. The molecule has 0 bridgehead atoms. The van der Waals surface area contributed by atoms with Gasteiger partial charge in [0.05, 0.1) is 11.3 Å². The van der Waals surface area contributed by atoms with E-state index < -0.39 is 6.61 Å². The predicted molar refractivity (Wildman–Crippen MR) is 101 cm³/mol. The number of hydrogen-bond donors (Lipinski definition) is 1. The number of nitrogens with zero attached hydrogens (tertiary/aromatic N) is 2. The first-order valence-corrected chi connectivity index (χ1v) is 8.91. The zero-order valence-corrected chi connectivity index (χ0v) is 15.2. The van der Waals surface area contributed by atoms with Crippen LogP contribution in [0.1, 0.15) is 16.8 Å². The Morgan fingerprint density at radius 3 is 2.52 bits per heavy atom. The Hall–Kier alpha value is -2.67. The third-order valence-corrected chi connectivity index (χ3v) is 4.52. The fourth-order valence-corrected chi connectivity index (χ4v) is 3.07. The van der Waals surface area contributed by atoms with Crippen molar-refractivity contribution in [3.63, 3.8) is 0 Å². The van der Waals surface area contributed by atoms with Crippen LogP contribution in [0.25, 0.3) is 0 Å². The molecular formula is C20H23F2N3O2. The number of halogens is 2. The van der Waals surface area contributed by atoms with Crippen molar-refractivity contribution in [2.24, 2.45) is 0 Å². The summed E-state index contributed by atoms with van der Waals surface area (Å²) in [6, 6.07) is 13.5. The number of carbonyl (C=O) groups excluding carboxylic acids is 1. The molecule has 7 heteroatoms. The van der Waals surface area contributed by atoms with Crippen LogP contribution in [0.2, 0.25) is 0 Å².